The molecule has 2 saturated heterocycles. The second-order valence-corrected chi connectivity index (χ2v) is 5.82. The van der Waals surface area contributed by atoms with Crippen molar-refractivity contribution in [1.29, 1.82) is 0 Å². The lowest BCUT2D eigenvalue weighted by molar-refractivity contribution is -0.129. The summed E-state index contributed by atoms with van der Waals surface area (Å²) < 4.78 is 4.98. The molecule has 2 aliphatic heterocycles. The Balaban J connectivity index is 1.79. The number of hydrogen-bond donors (Lipinski definition) is 2. The fourth-order valence-electron chi connectivity index (χ4n) is 2.95. The molecule has 2 aliphatic rings. The SMILES string of the molecule is COCCN1CC(C(=O)NC2CCNC(C)C2)CC1=O. The molecule has 0 aromatic carbocycles. The van der Waals surface area contributed by atoms with Gasteiger partial charge in [0.15, 0.2) is 0 Å². The first-order valence-corrected chi connectivity index (χ1v) is 7.40. The molecule has 6 heteroatoms. The monoisotopic (exact) mass is 283 g/mol. The Morgan fingerprint density at radius 3 is 3.05 bits per heavy atom. The van der Waals surface area contributed by atoms with Crippen LogP contribution < -0.4 is 10.6 Å². The Kier molecular flexibility index (Phi) is 5.37. The molecule has 2 heterocycles. The minimum atomic E-state index is -0.204. The molecule has 2 rings (SSSR count). The molecule has 0 aromatic heterocycles. The summed E-state index contributed by atoms with van der Waals surface area (Å²) in [6.07, 6.45) is 2.25. The number of amides is 2. The van der Waals surface area contributed by atoms with Crippen LogP contribution in [0.3, 0.4) is 0 Å². The lowest BCUT2D eigenvalue weighted by Crippen LogP contribution is -2.48. The van der Waals surface area contributed by atoms with Gasteiger partial charge in [0, 0.05) is 38.7 Å². The van der Waals surface area contributed by atoms with E-state index in [1.54, 1.807) is 12.0 Å². The molecule has 6 nitrogen and oxygen atoms in total. The van der Waals surface area contributed by atoms with E-state index in [1.807, 2.05) is 0 Å². The van der Waals surface area contributed by atoms with Gasteiger partial charge in [-0.1, -0.05) is 0 Å². The number of likely N-dealkylation sites (tertiary alicyclic amines) is 1. The highest BCUT2D eigenvalue weighted by Crippen LogP contribution is 2.18. The summed E-state index contributed by atoms with van der Waals surface area (Å²) in [5.74, 6) is -0.122. The fourth-order valence-corrected chi connectivity index (χ4v) is 2.95. The van der Waals surface area contributed by atoms with Crippen LogP contribution in [0, 0.1) is 5.92 Å². The van der Waals surface area contributed by atoms with E-state index in [4.69, 9.17) is 4.74 Å². The summed E-state index contributed by atoms with van der Waals surface area (Å²) in [5, 5.41) is 6.46. The summed E-state index contributed by atoms with van der Waals surface area (Å²) in [4.78, 5) is 25.8. The number of piperidine rings is 1. The van der Waals surface area contributed by atoms with E-state index in [9.17, 15) is 9.59 Å². The van der Waals surface area contributed by atoms with Gasteiger partial charge >= 0.3 is 0 Å². The summed E-state index contributed by atoms with van der Waals surface area (Å²) in [7, 11) is 1.61. The van der Waals surface area contributed by atoms with Crippen LogP contribution in [0.1, 0.15) is 26.2 Å². The number of hydrogen-bond acceptors (Lipinski definition) is 4. The largest absolute Gasteiger partial charge is 0.383 e. The molecule has 0 aliphatic carbocycles. The van der Waals surface area contributed by atoms with Crippen molar-refractivity contribution >= 4 is 11.8 Å². The van der Waals surface area contributed by atoms with Gasteiger partial charge in [-0.25, -0.2) is 0 Å². The van der Waals surface area contributed by atoms with Crippen molar-refractivity contribution in [2.75, 3.05) is 33.4 Å². The molecule has 20 heavy (non-hydrogen) atoms. The van der Waals surface area contributed by atoms with Gasteiger partial charge in [0.1, 0.15) is 0 Å². The van der Waals surface area contributed by atoms with E-state index in [0.29, 0.717) is 32.2 Å². The van der Waals surface area contributed by atoms with Crippen molar-refractivity contribution in [1.82, 2.24) is 15.5 Å². The summed E-state index contributed by atoms with van der Waals surface area (Å²) >= 11 is 0. The van der Waals surface area contributed by atoms with E-state index in [2.05, 4.69) is 17.6 Å². The normalized spacial score (nSPS) is 30.6. The maximum Gasteiger partial charge on any atom is 0.225 e. The van der Waals surface area contributed by atoms with Gasteiger partial charge in [0.05, 0.1) is 12.5 Å². The third-order valence-corrected chi connectivity index (χ3v) is 4.12. The van der Waals surface area contributed by atoms with Gasteiger partial charge < -0.3 is 20.3 Å². The van der Waals surface area contributed by atoms with Gasteiger partial charge in [-0.3, -0.25) is 9.59 Å². The summed E-state index contributed by atoms with van der Waals surface area (Å²) in [5.41, 5.74) is 0. The van der Waals surface area contributed by atoms with Gasteiger partial charge in [-0.15, -0.1) is 0 Å². The number of methoxy groups -OCH3 is 1. The Hall–Kier alpha value is -1.14. The van der Waals surface area contributed by atoms with Crippen molar-refractivity contribution in [2.24, 2.45) is 5.92 Å². The molecule has 3 atom stereocenters. The number of nitrogens with one attached hydrogen (secondary N) is 2. The van der Waals surface area contributed by atoms with Gasteiger partial charge in [0.25, 0.3) is 0 Å². The molecule has 114 valence electrons. The van der Waals surface area contributed by atoms with Crippen LogP contribution in [0.25, 0.3) is 0 Å². The van der Waals surface area contributed by atoms with E-state index < -0.39 is 0 Å². The zero-order valence-electron chi connectivity index (χ0n) is 12.4. The van der Waals surface area contributed by atoms with Crippen LogP contribution >= 0.6 is 0 Å². The van der Waals surface area contributed by atoms with Gasteiger partial charge in [0.2, 0.25) is 11.8 Å². The van der Waals surface area contributed by atoms with Crippen LogP contribution in [0.15, 0.2) is 0 Å². The number of ether oxygens (including phenoxy) is 1. The van der Waals surface area contributed by atoms with Gasteiger partial charge in [-0.05, 0) is 26.3 Å². The van der Waals surface area contributed by atoms with Crippen molar-refractivity contribution < 1.29 is 14.3 Å². The molecule has 2 fully saturated rings. The minimum Gasteiger partial charge on any atom is -0.383 e. The van der Waals surface area contributed by atoms with Crippen molar-refractivity contribution in [3.05, 3.63) is 0 Å². The highest BCUT2D eigenvalue weighted by Gasteiger charge is 2.35. The van der Waals surface area contributed by atoms with E-state index in [1.165, 1.54) is 0 Å². The number of rotatable bonds is 5. The van der Waals surface area contributed by atoms with Crippen LogP contribution in [-0.2, 0) is 14.3 Å². The highest BCUT2D eigenvalue weighted by molar-refractivity contribution is 5.89. The zero-order chi connectivity index (χ0) is 14.5. The van der Waals surface area contributed by atoms with E-state index in [0.717, 1.165) is 19.4 Å². The third-order valence-electron chi connectivity index (χ3n) is 4.12. The van der Waals surface area contributed by atoms with Crippen LogP contribution in [0.2, 0.25) is 0 Å². The summed E-state index contributed by atoms with van der Waals surface area (Å²) in [6.45, 7) is 4.68. The van der Waals surface area contributed by atoms with E-state index >= 15 is 0 Å². The average Bonchev–Trinajstić information content (AvgIpc) is 2.78. The van der Waals surface area contributed by atoms with Crippen LogP contribution in [-0.4, -0.2) is 62.1 Å². The predicted octanol–water partition coefficient (Wildman–Crippen LogP) is -0.262. The molecule has 0 spiro atoms. The summed E-state index contributed by atoms with van der Waals surface area (Å²) in [6, 6.07) is 0.680. The molecule has 2 amide bonds. The van der Waals surface area contributed by atoms with Crippen molar-refractivity contribution in [3.8, 4) is 0 Å². The quantitative estimate of drug-likeness (QED) is 0.729. The second-order valence-electron chi connectivity index (χ2n) is 5.82. The predicted molar refractivity (Wildman–Crippen MR) is 75.2 cm³/mol. The Morgan fingerprint density at radius 2 is 2.35 bits per heavy atom. The topological polar surface area (TPSA) is 70.7 Å². The van der Waals surface area contributed by atoms with Crippen molar-refractivity contribution in [2.45, 2.75) is 38.3 Å². The first kappa shape index (κ1) is 15.3. The molecular weight excluding hydrogens is 258 g/mol. The first-order chi connectivity index (χ1) is 9.60. The molecule has 0 aromatic rings. The Labute approximate surface area is 120 Å². The second kappa shape index (κ2) is 7.04. The standard InChI is InChI=1S/C14H25N3O3/c1-10-7-12(3-4-15-10)16-14(19)11-8-13(18)17(9-11)5-6-20-2/h10-12,15H,3-9H2,1-2H3,(H,16,19). The van der Waals surface area contributed by atoms with E-state index in [-0.39, 0.29) is 23.8 Å². The molecule has 0 saturated carbocycles. The van der Waals surface area contributed by atoms with Crippen molar-refractivity contribution in [3.63, 3.8) is 0 Å². The lowest BCUT2D eigenvalue weighted by atomic mass is 9.99. The highest BCUT2D eigenvalue weighted by atomic mass is 16.5. The number of carbonyl (C=O) groups excluding carboxylic acids is 2. The molecule has 2 N–H and O–H groups in total. The Bertz CT molecular complexity index is 362. The maximum atomic E-state index is 12.2. The lowest BCUT2D eigenvalue weighted by Gasteiger charge is -2.29. The fraction of sp³-hybridized carbons (Fsp3) is 0.857. The third kappa shape index (κ3) is 3.93. The van der Waals surface area contributed by atoms with Crippen LogP contribution in [0.5, 0.6) is 0 Å². The smallest absolute Gasteiger partial charge is 0.225 e. The number of nitrogens with zero attached hydrogens (tertiary/aromatic N) is 1. The Morgan fingerprint density at radius 1 is 1.55 bits per heavy atom. The maximum absolute atomic E-state index is 12.2. The molecule has 3 unspecified atom stereocenters. The molecule has 0 bridgehead atoms. The van der Waals surface area contributed by atoms with Gasteiger partial charge in [-0.2, -0.15) is 0 Å². The zero-order valence-corrected chi connectivity index (χ0v) is 12.4. The van der Waals surface area contributed by atoms with Crippen LogP contribution in [0.4, 0.5) is 0 Å². The molecular formula is C14H25N3O3. The first-order valence-electron chi connectivity index (χ1n) is 7.40. The minimum absolute atomic E-state index is 0.0253. The number of carbonyl (C=O) groups is 2. The average molecular weight is 283 g/mol. The molecule has 0 radical (unpaired) electrons.